The van der Waals surface area contributed by atoms with Gasteiger partial charge in [-0.2, -0.15) is 0 Å². The van der Waals surface area contributed by atoms with E-state index in [4.69, 9.17) is 23.2 Å². The summed E-state index contributed by atoms with van der Waals surface area (Å²) in [6, 6.07) is 13.7. The first-order valence-corrected chi connectivity index (χ1v) is 7.74. The van der Waals surface area contributed by atoms with Gasteiger partial charge in [0.2, 0.25) is 0 Å². The summed E-state index contributed by atoms with van der Waals surface area (Å²) in [5, 5.41) is 31.4. The number of rotatable bonds is 6. The topological polar surface area (TPSA) is 60.7 Å². The van der Waals surface area contributed by atoms with E-state index in [1.54, 1.807) is 48.5 Å². The van der Waals surface area contributed by atoms with Crippen LogP contribution in [-0.4, -0.2) is 28.5 Å². The molecule has 3 N–H and O–H groups in total. The molecule has 0 aliphatic heterocycles. The van der Waals surface area contributed by atoms with Crippen molar-refractivity contribution in [2.24, 2.45) is 5.92 Å². The van der Waals surface area contributed by atoms with Crippen LogP contribution in [0.15, 0.2) is 48.5 Å². The number of aliphatic hydroxyl groups is 3. The molecule has 0 heterocycles. The first-order chi connectivity index (χ1) is 10.5. The van der Waals surface area contributed by atoms with Crippen molar-refractivity contribution >= 4 is 23.2 Å². The lowest BCUT2D eigenvalue weighted by molar-refractivity contribution is -0.0202. The predicted octanol–water partition coefficient (Wildman–Crippen LogP) is 3.22. The Hall–Kier alpha value is -1.10. The fraction of sp³-hybridized carbons (Fsp3) is 0.294. The molecule has 22 heavy (non-hydrogen) atoms. The van der Waals surface area contributed by atoms with E-state index in [2.05, 4.69) is 0 Å². The number of hydrogen-bond donors (Lipinski definition) is 3. The maximum absolute atomic E-state index is 11.4. The molecule has 0 amide bonds. The molecule has 0 aliphatic carbocycles. The number of halogens is 2. The second kappa shape index (κ2) is 7.44. The molecule has 1 atom stereocenters. The number of benzene rings is 2. The molecule has 2 aromatic carbocycles. The van der Waals surface area contributed by atoms with Crippen LogP contribution in [0.25, 0.3) is 0 Å². The summed E-state index contributed by atoms with van der Waals surface area (Å²) in [5.74, 6) is -0.588. The summed E-state index contributed by atoms with van der Waals surface area (Å²) in [6.07, 6.45) is 0.242. The zero-order valence-electron chi connectivity index (χ0n) is 11.9. The largest absolute Gasteiger partial charge is 0.396 e. The lowest BCUT2D eigenvalue weighted by Crippen LogP contribution is -2.39. The average molecular weight is 341 g/mol. The van der Waals surface area contributed by atoms with Crippen molar-refractivity contribution in [1.29, 1.82) is 0 Å². The van der Waals surface area contributed by atoms with Crippen molar-refractivity contribution < 1.29 is 15.3 Å². The van der Waals surface area contributed by atoms with Gasteiger partial charge in [-0.25, -0.2) is 0 Å². The lowest BCUT2D eigenvalue weighted by atomic mass is 9.75. The van der Waals surface area contributed by atoms with E-state index in [1.165, 1.54) is 0 Å². The van der Waals surface area contributed by atoms with Crippen LogP contribution in [0, 0.1) is 5.92 Å². The summed E-state index contributed by atoms with van der Waals surface area (Å²) in [7, 11) is 0. The maximum atomic E-state index is 11.4. The van der Waals surface area contributed by atoms with Gasteiger partial charge in [-0.05, 0) is 41.8 Å². The van der Waals surface area contributed by atoms with E-state index in [1.807, 2.05) is 0 Å². The van der Waals surface area contributed by atoms with Crippen molar-refractivity contribution in [2.75, 3.05) is 13.2 Å². The molecule has 2 aromatic rings. The highest BCUT2D eigenvalue weighted by atomic mass is 35.5. The molecule has 118 valence electrons. The van der Waals surface area contributed by atoms with Crippen LogP contribution < -0.4 is 0 Å². The molecule has 3 nitrogen and oxygen atoms in total. The fourth-order valence-electron chi connectivity index (χ4n) is 2.68. The van der Waals surface area contributed by atoms with Gasteiger partial charge in [-0.1, -0.05) is 47.5 Å². The fourth-order valence-corrected chi connectivity index (χ4v) is 3.06. The SMILES string of the molecule is OCCC(CO)C(O)(c1cccc(Cl)c1)c1cccc(Cl)c1. The Morgan fingerprint density at radius 3 is 1.77 bits per heavy atom. The molecule has 0 bridgehead atoms. The molecule has 0 fully saturated rings. The predicted molar refractivity (Wildman–Crippen MR) is 88.2 cm³/mol. The van der Waals surface area contributed by atoms with Crippen LogP contribution in [0.3, 0.4) is 0 Å². The second-order valence-electron chi connectivity index (χ2n) is 5.18. The molecular formula is C17H18Cl2O3. The van der Waals surface area contributed by atoms with Crippen LogP contribution in [0.2, 0.25) is 10.0 Å². The van der Waals surface area contributed by atoms with E-state index >= 15 is 0 Å². The lowest BCUT2D eigenvalue weighted by Gasteiger charge is -2.36. The Morgan fingerprint density at radius 1 is 0.909 bits per heavy atom. The summed E-state index contributed by atoms with van der Waals surface area (Å²) in [6.45, 7) is -0.426. The molecule has 0 saturated heterocycles. The van der Waals surface area contributed by atoms with Gasteiger partial charge in [0.1, 0.15) is 5.60 Å². The van der Waals surface area contributed by atoms with E-state index in [0.29, 0.717) is 21.2 Å². The molecule has 0 radical (unpaired) electrons. The highest BCUT2D eigenvalue weighted by Gasteiger charge is 2.39. The monoisotopic (exact) mass is 340 g/mol. The Balaban J connectivity index is 2.62. The summed E-state index contributed by atoms with van der Waals surface area (Å²) in [4.78, 5) is 0. The summed E-state index contributed by atoms with van der Waals surface area (Å²) in [5.41, 5.74) is -0.391. The maximum Gasteiger partial charge on any atom is 0.120 e. The Morgan fingerprint density at radius 2 is 1.41 bits per heavy atom. The third kappa shape index (κ3) is 3.45. The van der Waals surface area contributed by atoms with Crippen LogP contribution in [0.5, 0.6) is 0 Å². The van der Waals surface area contributed by atoms with Crippen molar-refractivity contribution in [3.8, 4) is 0 Å². The molecule has 5 heteroatoms. The van der Waals surface area contributed by atoms with E-state index < -0.39 is 11.5 Å². The van der Waals surface area contributed by atoms with Crippen LogP contribution in [0.4, 0.5) is 0 Å². The van der Waals surface area contributed by atoms with Gasteiger partial charge >= 0.3 is 0 Å². The average Bonchev–Trinajstić information content (AvgIpc) is 2.52. The van der Waals surface area contributed by atoms with Gasteiger partial charge < -0.3 is 15.3 Å². The number of aliphatic hydroxyl groups excluding tert-OH is 2. The minimum absolute atomic E-state index is 0.144. The van der Waals surface area contributed by atoms with E-state index in [9.17, 15) is 15.3 Å². The minimum atomic E-state index is -1.49. The van der Waals surface area contributed by atoms with Crippen molar-refractivity contribution in [1.82, 2.24) is 0 Å². The van der Waals surface area contributed by atoms with Gasteiger partial charge in [-0.3, -0.25) is 0 Å². The molecule has 1 unspecified atom stereocenters. The van der Waals surface area contributed by atoms with Gasteiger partial charge in [0.05, 0.1) is 0 Å². The van der Waals surface area contributed by atoms with E-state index in [-0.39, 0.29) is 19.6 Å². The van der Waals surface area contributed by atoms with Crippen molar-refractivity contribution in [2.45, 2.75) is 12.0 Å². The smallest absolute Gasteiger partial charge is 0.120 e. The molecular weight excluding hydrogens is 323 g/mol. The van der Waals surface area contributed by atoms with Crippen LogP contribution in [-0.2, 0) is 5.60 Å². The van der Waals surface area contributed by atoms with Crippen molar-refractivity contribution in [3.63, 3.8) is 0 Å². The third-order valence-electron chi connectivity index (χ3n) is 3.82. The standard InChI is InChI=1S/C17H18Cl2O3/c18-15-5-1-3-12(9-15)17(22,14(11-21)7-8-20)13-4-2-6-16(19)10-13/h1-6,9-10,14,20-22H,7-8,11H2. The number of hydrogen-bond acceptors (Lipinski definition) is 3. The van der Waals surface area contributed by atoms with Crippen LogP contribution in [0.1, 0.15) is 17.5 Å². The van der Waals surface area contributed by atoms with Crippen molar-refractivity contribution in [3.05, 3.63) is 69.7 Å². The molecule has 0 aliphatic rings. The Bertz CT molecular complexity index is 585. The Labute approximate surface area is 139 Å². The van der Waals surface area contributed by atoms with Gasteiger partial charge in [0.25, 0.3) is 0 Å². The minimum Gasteiger partial charge on any atom is -0.396 e. The summed E-state index contributed by atoms with van der Waals surface area (Å²) >= 11 is 12.1. The normalized spacial score (nSPS) is 13.1. The highest BCUT2D eigenvalue weighted by Crippen LogP contribution is 2.40. The Kier molecular flexibility index (Phi) is 5.84. The highest BCUT2D eigenvalue weighted by molar-refractivity contribution is 6.31. The summed E-state index contributed by atoms with van der Waals surface area (Å²) < 4.78 is 0. The van der Waals surface area contributed by atoms with Crippen LogP contribution >= 0.6 is 23.2 Å². The van der Waals surface area contributed by atoms with Gasteiger partial charge in [-0.15, -0.1) is 0 Å². The van der Waals surface area contributed by atoms with Gasteiger partial charge in [0, 0.05) is 29.2 Å². The third-order valence-corrected chi connectivity index (χ3v) is 4.29. The first-order valence-electron chi connectivity index (χ1n) is 6.98. The zero-order valence-corrected chi connectivity index (χ0v) is 13.4. The van der Waals surface area contributed by atoms with Gasteiger partial charge in [0.15, 0.2) is 0 Å². The zero-order chi connectivity index (χ0) is 16.2. The molecule has 0 aromatic heterocycles. The second-order valence-corrected chi connectivity index (χ2v) is 6.05. The molecule has 0 saturated carbocycles. The van der Waals surface area contributed by atoms with E-state index in [0.717, 1.165) is 0 Å². The quantitative estimate of drug-likeness (QED) is 0.756. The molecule has 2 rings (SSSR count). The first kappa shape index (κ1) is 17.3. The molecule has 0 spiro atoms.